The maximum Gasteiger partial charge on any atom is 0.0108 e. The van der Waals surface area contributed by atoms with Gasteiger partial charge in [-0.15, -0.1) is 0 Å². The highest BCUT2D eigenvalue weighted by Gasteiger charge is 2.09. The average Bonchev–Trinajstić information content (AvgIpc) is 2.43. The van der Waals surface area contributed by atoms with Crippen molar-refractivity contribution in [3.8, 4) is 0 Å². The summed E-state index contributed by atoms with van der Waals surface area (Å²) in [7, 11) is 0. The predicted molar refractivity (Wildman–Crippen MR) is 85.7 cm³/mol. The molecule has 0 heterocycles. The van der Waals surface area contributed by atoms with Gasteiger partial charge in [-0.2, -0.15) is 0 Å². The van der Waals surface area contributed by atoms with Gasteiger partial charge >= 0.3 is 0 Å². The molecule has 19 heavy (non-hydrogen) atoms. The Balaban J connectivity index is 2.46. The van der Waals surface area contributed by atoms with Gasteiger partial charge in [0, 0.05) is 6.04 Å². The Bertz CT molecular complexity index is 332. The van der Waals surface area contributed by atoms with Gasteiger partial charge in [0.25, 0.3) is 0 Å². The zero-order chi connectivity index (χ0) is 13.9. The van der Waals surface area contributed by atoms with Crippen molar-refractivity contribution in [1.82, 2.24) is 5.32 Å². The zero-order valence-corrected chi connectivity index (χ0v) is 13.0. The molecule has 0 aromatic heterocycles. The van der Waals surface area contributed by atoms with Crippen LogP contribution in [0.4, 0.5) is 0 Å². The third-order valence-electron chi connectivity index (χ3n) is 3.82. The van der Waals surface area contributed by atoms with Gasteiger partial charge in [0.15, 0.2) is 0 Å². The molecule has 0 bridgehead atoms. The molecule has 1 N–H and O–H groups in total. The van der Waals surface area contributed by atoms with Crippen LogP contribution in [0.2, 0.25) is 0 Å². The zero-order valence-electron chi connectivity index (χ0n) is 13.0. The lowest BCUT2D eigenvalue weighted by Gasteiger charge is -2.19. The van der Waals surface area contributed by atoms with Crippen LogP contribution in [0.25, 0.3) is 0 Å². The van der Waals surface area contributed by atoms with Gasteiger partial charge in [-0.1, -0.05) is 63.8 Å². The normalized spacial score (nSPS) is 12.6. The minimum atomic E-state index is 0.651. The third-order valence-corrected chi connectivity index (χ3v) is 3.82. The number of hydrogen-bond acceptors (Lipinski definition) is 1. The molecule has 1 nitrogen and oxygen atoms in total. The Kier molecular flexibility index (Phi) is 8.57. The van der Waals surface area contributed by atoms with Crippen molar-refractivity contribution in [2.45, 2.75) is 71.8 Å². The molecule has 0 aliphatic heterocycles. The Morgan fingerprint density at radius 2 is 1.79 bits per heavy atom. The van der Waals surface area contributed by atoms with Crippen LogP contribution in [0.1, 0.15) is 63.5 Å². The number of rotatable bonds is 10. The predicted octanol–water partition coefficient (Wildman–Crippen LogP) is 4.88. The summed E-state index contributed by atoms with van der Waals surface area (Å²) in [6.07, 6.45) is 9.16. The van der Waals surface area contributed by atoms with Crippen molar-refractivity contribution >= 4 is 0 Å². The molecule has 0 aliphatic rings. The summed E-state index contributed by atoms with van der Waals surface area (Å²) in [5, 5.41) is 3.72. The summed E-state index contributed by atoms with van der Waals surface area (Å²) in [6.45, 7) is 7.89. The molecule has 0 saturated carbocycles. The van der Waals surface area contributed by atoms with Crippen LogP contribution >= 0.6 is 0 Å². The van der Waals surface area contributed by atoms with Gasteiger partial charge in [-0.05, 0) is 43.9 Å². The van der Waals surface area contributed by atoms with Gasteiger partial charge < -0.3 is 5.32 Å². The molecule has 108 valence electrons. The standard InChI is InChI=1S/C18H31N/c1-4-6-7-8-13-18(19-14-5-2)15-17-12-10-9-11-16(17)3/h9-12,18-19H,4-8,13-15H2,1-3H3. The lowest BCUT2D eigenvalue weighted by atomic mass is 9.97. The van der Waals surface area contributed by atoms with Crippen molar-refractivity contribution in [2.24, 2.45) is 0 Å². The third kappa shape index (κ3) is 6.77. The summed E-state index contributed by atoms with van der Waals surface area (Å²) in [5.41, 5.74) is 2.94. The first-order chi connectivity index (χ1) is 9.27. The molecule has 1 heteroatoms. The van der Waals surface area contributed by atoms with Crippen LogP contribution in [-0.4, -0.2) is 12.6 Å². The second kappa shape index (κ2) is 10.0. The maximum absolute atomic E-state index is 3.72. The summed E-state index contributed by atoms with van der Waals surface area (Å²) in [4.78, 5) is 0. The molecule has 1 aromatic rings. The number of hydrogen-bond donors (Lipinski definition) is 1. The van der Waals surface area contributed by atoms with Crippen LogP contribution in [-0.2, 0) is 6.42 Å². The van der Waals surface area contributed by atoms with E-state index < -0.39 is 0 Å². The number of nitrogens with one attached hydrogen (secondary N) is 1. The highest BCUT2D eigenvalue weighted by molar-refractivity contribution is 5.26. The van der Waals surface area contributed by atoms with E-state index >= 15 is 0 Å². The first kappa shape index (κ1) is 16.2. The second-order valence-electron chi connectivity index (χ2n) is 5.63. The number of aryl methyl sites for hydroxylation is 1. The van der Waals surface area contributed by atoms with E-state index in [-0.39, 0.29) is 0 Å². The fourth-order valence-electron chi connectivity index (χ4n) is 2.55. The number of benzene rings is 1. The highest BCUT2D eigenvalue weighted by atomic mass is 14.9. The van der Waals surface area contributed by atoms with Crippen LogP contribution in [0.3, 0.4) is 0 Å². The molecule has 0 spiro atoms. The largest absolute Gasteiger partial charge is 0.314 e. The van der Waals surface area contributed by atoms with E-state index in [0.29, 0.717) is 6.04 Å². The Hall–Kier alpha value is -0.820. The fraction of sp³-hybridized carbons (Fsp3) is 0.667. The summed E-state index contributed by atoms with van der Waals surface area (Å²) in [5.74, 6) is 0. The minimum absolute atomic E-state index is 0.651. The Labute approximate surface area is 119 Å². The quantitative estimate of drug-likeness (QED) is 0.592. The van der Waals surface area contributed by atoms with E-state index in [1.807, 2.05) is 0 Å². The topological polar surface area (TPSA) is 12.0 Å². The van der Waals surface area contributed by atoms with Gasteiger partial charge in [0.2, 0.25) is 0 Å². The molecular formula is C18H31N. The van der Waals surface area contributed by atoms with Gasteiger partial charge in [0.05, 0.1) is 0 Å². The average molecular weight is 261 g/mol. The minimum Gasteiger partial charge on any atom is -0.314 e. The first-order valence-electron chi connectivity index (χ1n) is 8.05. The van der Waals surface area contributed by atoms with Crippen LogP contribution in [0.15, 0.2) is 24.3 Å². The lowest BCUT2D eigenvalue weighted by molar-refractivity contribution is 0.452. The summed E-state index contributed by atoms with van der Waals surface area (Å²) in [6, 6.07) is 9.45. The molecule has 1 rings (SSSR count). The smallest absolute Gasteiger partial charge is 0.0108 e. The maximum atomic E-state index is 3.72. The Morgan fingerprint density at radius 1 is 1.00 bits per heavy atom. The van der Waals surface area contributed by atoms with Crippen LogP contribution in [0.5, 0.6) is 0 Å². The molecule has 0 amide bonds. The molecular weight excluding hydrogens is 230 g/mol. The van der Waals surface area contributed by atoms with E-state index in [4.69, 9.17) is 0 Å². The SMILES string of the molecule is CCCCCCC(Cc1ccccc1C)NCCC. The molecule has 0 fully saturated rings. The molecule has 1 atom stereocenters. The van der Waals surface area contributed by atoms with Crippen molar-refractivity contribution in [2.75, 3.05) is 6.54 Å². The monoisotopic (exact) mass is 261 g/mol. The molecule has 0 radical (unpaired) electrons. The highest BCUT2D eigenvalue weighted by Crippen LogP contribution is 2.14. The van der Waals surface area contributed by atoms with Crippen molar-refractivity contribution < 1.29 is 0 Å². The summed E-state index contributed by atoms with van der Waals surface area (Å²) >= 11 is 0. The van der Waals surface area contributed by atoms with E-state index in [2.05, 4.69) is 50.4 Å². The molecule has 1 unspecified atom stereocenters. The fourth-order valence-corrected chi connectivity index (χ4v) is 2.55. The van der Waals surface area contributed by atoms with Crippen LogP contribution < -0.4 is 5.32 Å². The van der Waals surface area contributed by atoms with Crippen molar-refractivity contribution in [3.63, 3.8) is 0 Å². The number of unbranched alkanes of at least 4 members (excludes halogenated alkanes) is 3. The molecule has 0 aliphatic carbocycles. The lowest BCUT2D eigenvalue weighted by Crippen LogP contribution is -2.32. The van der Waals surface area contributed by atoms with Crippen LogP contribution in [0, 0.1) is 6.92 Å². The second-order valence-corrected chi connectivity index (χ2v) is 5.63. The molecule has 1 aromatic carbocycles. The van der Waals surface area contributed by atoms with Crippen molar-refractivity contribution in [1.29, 1.82) is 0 Å². The first-order valence-corrected chi connectivity index (χ1v) is 8.05. The van der Waals surface area contributed by atoms with E-state index in [0.717, 1.165) is 6.54 Å². The van der Waals surface area contributed by atoms with E-state index in [1.165, 1.54) is 56.1 Å². The van der Waals surface area contributed by atoms with Gasteiger partial charge in [-0.3, -0.25) is 0 Å². The van der Waals surface area contributed by atoms with Gasteiger partial charge in [-0.25, -0.2) is 0 Å². The van der Waals surface area contributed by atoms with Crippen molar-refractivity contribution in [3.05, 3.63) is 35.4 Å². The summed E-state index contributed by atoms with van der Waals surface area (Å²) < 4.78 is 0. The van der Waals surface area contributed by atoms with E-state index in [9.17, 15) is 0 Å². The Morgan fingerprint density at radius 3 is 2.47 bits per heavy atom. The molecule has 0 saturated heterocycles. The van der Waals surface area contributed by atoms with Gasteiger partial charge in [0.1, 0.15) is 0 Å². The van der Waals surface area contributed by atoms with E-state index in [1.54, 1.807) is 0 Å².